The molecule has 0 aromatic rings. The smallest absolute Gasteiger partial charge is 0.337 e. The van der Waals surface area contributed by atoms with Crippen molar-refractivity contribution in [1.82, 2.24) is 0 Å². The maximum Gasteiger partial charge on any atom is 0.337 e. The molecule has 0 aromatic heterocycles. The van der Waals surface area contributed by atoms with Gasteiger partial charge in [0, 0.05) is 5.92 Å². The molecule has 0 unspecified atom stereocenters. The lowest BCUT2D eigenvalue weighted by atomic mass is 9.89. The first-order chi connectivity index (χ1) is 6.27. The number of hydrogen-bond acceptors (Lipinski definition) is 3. The molecule has 2 rings (SSSR count). The van der Waals surface area contributed by atoms with E-state index >= 15 is 0 Å². The molecule has 3 heteroatoms. The number of rotatable bonds is 1. The molecule has 0 N–H and O–H groups in total. The molecule has 0 bridgehead atoms. The minimum absolute atomic E-state index is 0.199. The average Bonchev–Trinajstić information content (AvgIpc) is 2.49. The van der Waals surface area contributed by atoms with Gasteiger partial charge < -0.3 is 9.47 Å². The second-order valence-electron chi connectivity index (χ2n) is 3.98. The van der Waals surface area contributed by atoms with Crippen molar-refractivity contribution in [2.75, 3.05) is 0 Å². The first-order valence-electron chi connectivity index (χ1n) is 5.13. The number of carbonyl (C=O) groups is 1. The zero-order valence-electron chi connectivity index (χ0n) is 7.99. The predicted octanol–water partition coefficient (Wildman–Crippen LogP) is 1.85. The van der Waals surface area contributed by atoms with Crippen LogP contribution in [0.4, 0.5) is 0 Å². The summed E-state index contributed by atoms with van der Waals surface area (Å²) in [6, 6.07) is 0. The minimum atomic E-state index is -0.355. The van der Waals surface area contributed by atoms with Gasteiger partial charge >= 0.3 is 5.97 Å². The van der Waals surface area contributed by atoms with E-state index in [-0.39, 0.29) is 18.4 Å². The molecule has 0 amide bonds. The van der Waals surface area contributed by atoms with Crippen molar-refractivity contribution < 1.29 is 14.3 Å². The highest BCUT2D eigenvalue weighted by molar-refractivity contribution is 5.75. The molecule has 3 nitrogen and oxygen atoms in total. The van der Waals surface area contributed by atoms with Crippen LogP contribution in [0.3, 0.4) is 0 Å². The maximum absolute atomic E-state index is 11.1. The molecular formula is C10H16O3. The van der Waals surface area contributed by atoms with Crippen molar-refractivity contribution >= 4 is 5.97 Å². The Bertz CT molecular complexity index is 196. The molecule has 1 saturated carbocycles. The van der Waals surface area contributed by atoms with Crippen LogP contribution in [-0.2, 0) is 14.3 Å². The molecule has 1 heterocycles. The Labute approximate surface area is 78.4 Å². The lowest BCUT2D eigenvalue weighted by molar-refractivity contribution is -0.149. The van der Waals surface area contributed by atoms with Gasteiger partial charge in [0.25, 0.3) is 0 Å². The van der Waals surface area contributed by atoms with Crippen LogP contribution in [0.25, 0.3) is 0 Å². The van der Waals surface area contributed by atoms with Gasteiger partial charge in [0.15, 0.2) is 6.10 Å². The standard InChI is InChI=1S/C10H16O3/c1-7-9(11)13-10(12-7)8-5-3-2-4-6-8/h7-8,10H,2-6H2,1H3/t7-,10-/m1/s1. The third-order valence-electron chi connectivity index (χ3n) is 2.94. The predicted molar refractivity (Wildman–Crippen MR) is 47.0 cm³/mol. The zero-order valence-corrected chi connectivity index (χ0v) is 7.99. The fourth-order valence-electron chi connectivity index (χ4n) is 2.11. The van der Waals surface area contributed by atoms with E-state index in [4.69, 9.17) is 9.47 Å². The van der Waals surface area contributed by atoms with Gasteiger partial charge in [-0.2, -0.15) is 0 Å². The third kappa shape index (κ3) is 1.85. The Kier molecular flexibility index (Phi) is 2.54. The van der Waals surface area contributed by atoms with Crippen LogP contribution in [-0.4, -0.2) is 18.4 Å². The molecule has 1 aliphatic heterocycles. The fourth-order valence-corrected chi connectivity index (χ4v) is 2.11. The van der Waals surface area contributed by atoms with Gasteiger partial charge in [-0.1, -0.05) is 19.3 Å². The second-order valence-corrected chi connectivity index (χ2v) is 3.98. The van der Waals surface area contributed by atoms with Crippen LogP contribution in [0.2, 0.25) is 0 Å². The quantitative estimate of drug-likeness (QED) is 0.583. The van der Waals surface area contributed by atoms with Crippen LogP contribution in [0.1, 0.15) is 39.0 Å². The molecule has 0 spiro atoms. The summed E-state index contributed by atoms with van der Waals surface area (Å²) < 4.78 is 10.6. The Hall–Kier alpha value is -0.570. The summed E-state index contributed by atoms with van der Waals surface area (Å²) in [5, 5.41) is 0. The second kappa shape index (κ2) is 3.66. The SMILES string of the molecule is C[C@H]1O[C@@H](C2CCCCC2)OC1=O. The van der Waals surface area contributed by atoms with E-state index in [2.05, 4.69) is 0 Å². The van der Waals surface area contributed by atoms with E-state index in [0.717, 1.165) is 12.8 Å². The van der Waals surface area contributed by atoms with Gasteiger partial charge in [0.05, 0.1) is 0 Å². The van der Waals surface area contributed by atoms with Crippen molar-refractivity contribution in [1.29, 1.82) is 0 Å². The van der Waals surface area contributed by atoms with Crippen molar-refractivity contribution in [3.63, 3.8) is 0 Å². The molecule has 0 aromatic carbocycles. The molecule has 1 aliphatic carbocycles. The van der Waals surface area contributed by atoms with Gasteiger partial charge in [-0.05, 0) is 19.8 Å². The molecule has 2 fully saturated rings. The van der Waals surface area contributed by atoms with Crippen LogP contribution in [0.15, 0.2) is 0 Å². The van der Waals surface area contributed by atoms with Crippen molar-refractivity contribution in [3.05, 3.63) is 0 Å². The highest BCUT2D eigenvalue weighted by atomic mass is 16.8. The highest BCUT2D eigenvalue weighted by Gasteiger charge is 2.37. The van der Waals surface area contributed by atoms with Gasteiger partial charge in [0.1, 0.15) is 0 Å². The number of carbonyl (C=O) groups excluding carboxylic acids is 1. The van der Waals surface area contributed by atoms with Gasteiger partial charge in [-0.3, -0.25) is 0 Å². The molecule has 13 heavy (non-hydrogen) atoms. The van der Waals surface area contributed by atoms with Crippen molar-refractivity contribution in [2.45, 2.75) is 51.4 Å². The normalized spacial score (nSPS) is 36.2. The average molecular weight is 184 g/mol. The summed E-state index contributed by atoms with van der Waals surface area (Å²) >= 11 is 0. The van der Waals surface area contributed by atoms with Crippen molar-refractivity contribution in [2.24, 2.45) is 5.92 Å². The van der Waals surface area contributed by atoms with Gasteiger partial charge in [-0.25, -0.2) is 4.79 Å². The number of ether oxygens (including phenoxy) is 2. The monoisotopic (exact) mass is 184 g/mol. The van der Waals surface area contributed by atoms with Crippen LogP contribution < -0.4 is 0 Å². The molecule has 0 radical (unpaired) electrons. The first kappa shape index (κ1) is 9.00. The number of hydrogen-bond donors (Lipinski definition) is 0. The van der Waals surface area contributed by atoms with Gasteiger partial charge in [0.2, 0.25) is 6.29 Å². The Morgan fingerprint density at radius 1 is 1.23 bits per heavy atom. The van der Waals surface area contributed by atoms with E-state index in [1.54, 1.807) is 6.92 Å². The van der Waals surface area contributed by atoms with E-state index in [1.807, 2.05) is 0 Å². The number of esters is 1. The summed E-state index contributed by atoms with van der Waals surface area (Å²) in [5.41, 5.74) is 0. The third-order valence-corrected chi connectivity index (χ3v) is 2.94. The van der Waals surface area contributed by atoms with E-state index < -0.39 is 0 Å². The Morgan fingerprint density at radius 2 is 1.92 bits per heavy atom. The molecule has 74 valence electrons. The fraction of sp³-hybridized carbons (Fsp3) is 0.900. The number of cyclic esters (lactones) is 1. The summed E-state index contributed by atoms with van der Waals surface area (Å²) in [6.45, 7) is 1.76. The zero-order chi connectivity index (χ0) is 9.26. The summed E-state index contributed by atoms with van der Waals surface area (Å²) in [5.74, 6) is 0.248. The van der Waals surface area contributed by atoms with Crippen LogP contribution >= 0.6 is 0 Å². The maximum atomic E-state index is 11.1. The van der Waals surface area contributed by atoms with E-state index in [0.29, 0.717) is 5.92 Å². The molecular weight excluding hydrogens is 168 g/mol. The summed E-state index contributed by atoms with van der Waals surface area (Å²) in [6.07, 6.45) is 5.49. The summed E-state index contributed by atoms with van der Waals surface area (Å²) in [4.78, 5) is 11.1. The van der Waals surface area contributed by atoms with Crippen molar-refractivity contribution in [3.8, 4) is 0 Å². The van der Waals surface area contributed by atoms with E-state index in [9.17, 15) is 4.79 Å². The molecule has 2 atom stereocenters. The lowest BCUT2D eigenvalue weighted by Crippen LogP contribution is -2.24. The largest absolute Gasteiger partial charge is 0.434 e. The topological polar surface area (TPSA) is 35.5 Å². The lowest BCUT2D eigenvalue weighted by Gasteiger charge is -2.25. The van der Waals surface area contributed by atoms with E-state index in [1.165, 1.54) is 19.3 Å². The first-order valence-corrected chi connectivity index (χ1v) is 5.13. The molecule has 1 saturated heterocycles. The Morgan fingerprint density at radius 3 is 2.46 bits per heavy atom. The highest BCUT2D eigenvalue weighted by Crippen LogP contribution is 2.31. The Balaban J connectivity index is 1.90. The van der Waals surface area contributed by atoms with Crippen LogP contribution in [0, 0.1) is 5.92 Å². The minimum Gasteiger partial charge on any atom is -0.434 e. The summed E-state index contributed by atoms with van der Waals surface area (Å²) in [7, 11) is 0. The van der Waals surface area contributed by atoms with Gasteiger partial charge in [-0.15, -0.1) is 0 Å². The van der Waals surface area contributed by atoms with Crippen LogP contribution in [0.5, 0.6) is 0 Å². The molecule has 2 aliphatic rings.